The molecular formula is C25H31N3OS. The molecule has 4 nitrogen and oxygen atoms in total. The summed E-state index contributed by atoms with van der Waals surface area (Å²) in [5.74, 6) is 0.842. The number of carbonyl (C=O) groups is 1. The number of amides is 1. The third-order valence-electron chi connectivity index (χ3n) is 8.16. The summed E-state index contributed by atoms with van der Waals surface area (Å²) >= 11 is 6.07. The third-order valence-corrected chi connectivity index (χ3v) is 8.57. The molecule has 2 aliphatic heterocycles. The molecule has 158 valence electrons. The van der Waals surface area contributed by atoms with Gasteiger partial charge in [-0.25, -0.2) is 0 Å². The first-order chi connectivity index (χ1) is 14.7. The fourth-order valence-electron chi connectivity index (χ4n) is 6.74. The van der Waals surface area contributed by atoms with Crippen molar-refractivity contribution in [3.8, 4) is 0 Å². The molecule has 4 aliphatic rings. The lowest BCUT2D eigenvalue weighted by molar-refractivity contribution is -0.130. The Bertz CT molecular complexity index is 985. The molecule has 5 heteroatoms. The van der Waals surface area contributed by atoms with E-state index in [9.17, 15) is 4.79 Å². The first-order valence-electron chi connectivity index (χ1n) is 12.0. The molecule has 1 amide bonds. The van der Waals surface area contributed by atoms with Gasteiger partial charge in [0, 0.05) is 29.1 Å². The van der Waals surface area contributed by atoms with Gasteiger partial charge in [-0.2, -0.15) is 0 Å². The molecule has 2 aliphatic carbocycles. The normalized spacial score (nSPS) is 28.3. The van der Waals surface area contributed by atoms with Crippen LogP contribution in [-0.2, 0) is 11.2 Å². The van der Waals surface area contributed by atoms with E-state index in [0.29, 0.717) is 12.0 Å². The van der Waals surface area contributed by atoms with Gasteiger partial charge in [0.05, 0.1) is 6.04 Å². The van der Waals surface area contributed by atoms with E-state index in [2.05, 4.69) is 34.1 Å². The molecule has 1 aromatic heterocycles. The van der Waals surface area contributed by atoms with Gasteiger partial charge in [-0.15, -0.1) is 0 Å². The minimum absolute atomic E-state index is 0.113. The second-order valence-electron chi connectivity index (χ2n) is 9.82. The lowest BCUT2D eigenvalue weighted by atomic mass is 9.78. The molecule has 2 unspecified atom stereocenters. The number of H-pyrrole nitrogens is 1. The minimum atomic E-state index is -0.113. The maximum absolute atomic E-state index is 13.7. The van der Waals surface area contributed by atoms with Gasteiger partial charge in [0.25, 0.3) is 5.91 Å². The van der Waals surface area contributed by atoms with Crippen molar-refractivity contribution >= 4 is 34.1 Å². The Morgan fingerprint density at radius 2 is 1.63 bits per heavy atom. The topological polar surface area (TPSA) is 39.3 Å². The van der Waals surface area contributed by atoms with E-state index in [4.69, 9.17) is 12.2 Å². The Morgan fingerprint density at radius 3 is 2.40 bits per heavy atom. The van der Waals surface area contributed by atoms with Crippen molar-refractivity contribution in [1.82, 2.24) is 14.8 Å². The number of nitrogens with one attached hydrogen (secondary N) is 1. The van der Waals surface area contributed by atoms with Crippen LogP contribution in [0, 0.1) is 5.92 Å². The number of fused-ring (bicyclic) bond motifs is 4. The highest BCUT2D eigenvalue weighted by Gasteiger charge is 2.53. The molecule has 3 fully saturated rings. The first kappa shape index (κ1) is 18.9. The molecule has 2 aromatic rings. The molecular weight excluding hydrogens is 390 g/mol. The summed E-state index contributed by atoms with van der Waals surface area (Å²) in [4.78, 5) is 21.9. The van der Waals surface area contributed by atoms with Crippen LogP contribution >= 0.6 is 12.2 Å². The molecule has 3 heterocycles. The molecule has 0 bridgehead atoms. The van der Waals surface area contributed by atoms with Crippen LogP contribution in [-0.4, -0.2) is 37.9 Å². The van der Waals surface area contributed by atoms with E-state index < -0.39 is 0 Å². The van der Waals surface area contributed by atoms with Gasteiger partial charge in [-0.05, 0) is 55.4 Å². The van der Waals surface area contributed by atoms with Gasteiger partial charge >= 0.3 is 0 Å². The molecule has 6 rings (SSSR count). The number of benzene rings is 1. The van der Waals surface area contributed by atoms with Crippen LogP contribution in [0.5, 0.6) is 0 Å². The summed E-state index contributed by atoms with van der Waals surface area (Å²) in [5, 5.41) is 2.11. The van der Waals surface area contributed by atoms with Crippen molar-refractivity contribution in [1.29, 1.82) is 0 Å². The van der Waals surface area contributed by atoms with Gasteiger partial charge in [-0.1, -0.05) is 56.7 Å². The van der Waals surface area contributed by atoms with Crippen LogP contribution in [0.25, 0.3) is 10.9 Å². The quantitative estimate of drug-likeness (QED) is 0.653. The van der Waals surface area contributed by atoms with Crippen LogP contribution in [0.4, 0.5) is 0 Å². The molecule has 0 radical (unpaired) electrons. The van der Waals surface area contributed by atoms with E-state index in [1.807, 2.05) is 4.90 Å². The van der Waals surface area contributed by atoms with Gasteiger partial charge in [-0.3, -0.25) is 9.69 Å². The van der Waals surface area contributed by atoms with E-state index in [1.165, 1.54) is 73.5 Å². The highest BCUT2D eigenvalue weighted by atomic mass is 32.1. The summed E-state index contributed by atoms with van der Waals surface area (Å²) in [5.41, 5.74) is 3.90. The van der Waals surface area contributed by atoms with Gasteiger partial charge < -0.3 is 9.88 Å². The minimum Gasteiger partial charge on any atom is -0.356 e. The van der Waals surface area contributed by atoms with Gasteiger partial charge in [0.15, 0.2) is 5.11 Å². The average Bonchev–Trinajstić information content (AvgIpc) is 3.28. The molecule has 1 saturated heterocycles. The summed E-state index contributed by atoms with van der Waals surface area (Å²) < 4.78 is 0. The smallest absolute Gasteiger partial charge is 0.252 e. The zero-order valence-electron chi connectivity index (χ0n) is 17.6. The molecule has 30 heavy (non-hydrogen) atoms. The van der Waals surface area contributed by atoms with Crippen molar-refractivity contribution in [2.75, 3.05) is 0 Å². The predicted octanol–water partition coefficient (Wildman–Crippen LogP) is 5.48. The Kier molecular flexibility index (Phi) is 4.63. The van der Waals surface area contributed by atoms with Crippen LogP contribution in [0.2, 0.25) is 0 Å². The maximum Gasteiger partial charge on any atom is 0.252 e. The Morgan fingerprint density at radius 1 is 0.933 bits per heavy atom. The first-order valence-corrected chi connectivity index (χ1v) is 12.4. The number of para-hydroxylation sites is 1. The molecule has 1 N–H and O–H groups in total. The van der Waals surface area contributed by atoms with Crippen LogP contribution < -0.4 is 0 Å². The van der Waals surface area contributed by atoms with Crippen molar-refractivity contribution < 1.29 is 4.79 Å². The highest BCUT2D eigenvalue weighted by molar-refractivity contribution is 7.80. The molecule has 0 spiro atoms. The second kappa shape index (κ2) is 7.37. The lowest BCUT2D eigenvalue weighted by Crippen LogP contribution is -2.46. The van der Waals surface area contributed by atoms with Crippen molar-refractivity contribution in [3.05, 3.63) is 35.5 Å². The molecule has 2 saturated carbocycles. The zero-order valence-corrected chi connectivity index (χ0v) is 18.4. The average molecular weight is 422 g/mol. The fraction of sp³-hybridized carbons (Fsp3) is 0.600. The van der Waals surface area contributed by atoms with Gasteiger partial charge in [0.1, 0.15) is 6.04 Å². The van der Waals surface area contributed by atoms with Crippen LogP contribution in [0.3, 0.4) is 0 Å². The van der Waals surface area contributed by atoms with Crippen molar-refractivity contribution in [3.63, 3.8) is 0 Å². The van der Waals surface area contributed by atoms with E-state index in [0.717, 1.165) is 24.4 Å². The Labute approximate surface area is 184 Å². The van der Waals surface area contributed by atoms with Crippen LogP contribution in [0.15, 0.2) is 24.3 Å². The summed E-state index contributed by atoms with van der Waals surface area (Å²) in [6.45, 7) is 0. The van der Waals surface area contributed by atoms with Crippen molar-refractivity contribution in [2.24, 2.45) is 5.92 Å². The summed E-state index contributed by atoms with van der Waals surface area (Å²) in [6, 6.07) is 9.02. The number of hydrogen-bond donors (Lipinski definition) is 1. The number of nitrogens with zero attached hydrogens (tertiary/aromatic N) is 2. The summed E-state index contributed by atoms with van der Waals surface area (Å²) in [7, 11) is 0. The number of rotatable bonds is 2. The summed E-state index contributed by atoms with van der Waals surface area (Å²) in [6.07, 6.45) is 13.1. The molecule has 1 aromatic carbocycles. The Balaban J connectivity index is 1.45. The Hall–Kier alpha value is -1.88. The zero-order chi connectivity index (χ0) is 20.2. The highest BCUT2D eigenvalue weighted by Crippen LogP contribution is 2.48. The fourth-order valence-corrected chi connectivity index (χ4v) is 7.22. The largest absolute Gasteiger partial charge is 0.356 e. The number of aromatic nitrogens is 1. The monoisotopic (exact) mass is 421 g/mol. The number of hydrogen-bond acceptors (Lipinski definition) is 2. The SMILES string of the molecule is O=C1C2Cc3c([nH]c4ccccc34)C(C3CCCCC3)N2C(=S)N1C1CCCCC1. The number of thiocarbonyl (C=S) groups is 1. The predicted molar refractivity (Wildman–Crippen MR) is 123 cm³/mol. The van der Waals surface area contributed by atoms with E-state index in [1.54, 1.807) is 0 Å². The van der Waals surface area contributed by atoms with E-state index in [-0.39, 0.29) is 18.0 Å². The number of carbonyl (C=O) groups excluding carboxylic acids is 1. The maximum atomic E-state index is 13.7. The standard InChI is InChI=1S/C25H31N3OS/c29-24-21-15-19-18-13-7-8-14-20(18)26-22(19)23(16-9-3-1-4-10-16)28(21)25(30)27(24)17-11-5-2-6-12-17/h7-8,13-14,16-17,21,23,26H,1-6,9-12,15H2. The van der Waals surface area contributed by atoms with Crippen molar-refractivity contribution in [2.45, 2.75) is 88.8 Å². The third kappa shape index (κ3) is 2.77. The van der Waals surface area contributed by atoms with E-state index >= 15 is 0 Å². The lowest BCUT2D eigenvalue weighted by Gasteiger charge is -2.43. The van der Waals surface area contributed by atoms with Gasteiger partial charge in [0.2, 0.25) is 0 Å². The number of aromatic amines is 1. The van der Waals surface area contributed by atoms with Crippen LogP contribution in [0.1, 0.15) is 81.5 Å². The molecule has 2 atom stereocenters. The second-order valence-corrected chi connectivity index (χ2v) is 10.2.